The van der Waals surface area contributed by atoms with Gasteiger partial charge in [-0.3, -0.25) is 9.69 Å². The molecule has 0 bridgehead atoms. The van der Waals surface area contributed by atoms with E-state index in [9.17, 15) is 9.18 Å². The summed E-state index contributed by atoms with van der Waals surface area (Å²) in [4.78, 5) is 22.3. The zero-order valence-electron chi connectivity index (χ0n) is 15.2. The molecule has 0 spiro atoms. The van der Waals surface area contributed by atoms with Crippen molar-refractivity contribution >= 4 is 16.8 Å². The smallest absolute Gasteiger partial charge is 0.253 e. The van der Waals surface area contributed by atoms with Gasteiger partial charge in [-0.05, 0) is 12.1 Å². The van der Waals surface area contributed by atoms with E-state index in [2.05, 4.69) is 25.5 Å². The number of H-pyrrole nitrogens is 1. The Balaban J connectivity index is 1.41. The van der Waals surface area contributed by atoms with Crippen LogP contribution in [0.15, 0.2) is 36.8 Å². The van der Waals surface area contributed by atoms with Crippen molar-refractivity contribution in [1.82, 2.24) is 30.1 Å². The van der Waals surface area contributed by atoms with Gasteiger partial charge in [-0.1, -0.05) is 6.07 Å². The van der Waals surface area contributed by atoms with E-state index in [1.54, 1.807) is 24.5 Å². The number of hydrogen-bond acceptors (Lipinski definition) is 4. The molecule has 1 unspecified atom stereocenters. The molecule has 1 aliphatic heterocycles. The number of piperazine rings is 1. The second-order valence-electron chi connectivity index (χ2n) is 6.77. The van der Waals surface area contributed by atoms with Crippen molar-refractivity contribution in [3.63, 3.8) is 0 Å². The number of aryl methyl sites for hydroxylation is 1. The number of aromatic amines is 1. The lowest BCUT2D eigenvalue weighted by Gasteiger charge is -2.35. The number of halogens is 1. The molecule has 3 heterocycles. The van der Waals surface area contributed by atoms with Crippen LogP contribution in [0.5, 0.6) is 0 Å². The van der Waals surface area contributed by atoms with Crippen LogP contribution in [0.1, 0.15) is 22.2 Å². The van der Waals surface area contributed by atoms with Crippen LogP contribution in [-0.2, 0) is 7.05 Å². The van der Waals surface area contributed by atoms with E-state index in [0.29, 0.717) is 29.6 Å². The molecule has 0 radical (unpaired) electrons. The van der Waals surface area contributed by atoms with Crippen LogP contribution in [0.4, 0.5) is 4.39 Å². The van der Waals surface area contributed by atoms with E-state index in [-0.39, 0.29) is 11.9 Å². The number of aromatic nitrogens is 3. The summed E-state index contributed by atoms with van der Waals surface area (Å²) in [6, 6.07) is 4.91. The summed E-state index contributed by atoms with van der Waals surface area (Å²) in [6.45, 7) is 3.81. The van der Waals surface area contributed by atoms with E-state index < -0.39 is 5.82 Å². The highest BCUT2D eigenvalue weighted by atomic mass is 19.1. The SMILES string of the molecule is Cn1ccnc1C1CNCCN1CCNC(=O)c1c[nH]c2cccc(F)c12. The summed E-state index contributed by atoms with van der Waals surface area (Å²) >= 11 is 0. The molecule has 4 rings (SSSR count). The molecule has 0 saturated carbocycles. The normalized spacial score (nSPS) is 18.1. The molecule has 3 aromatic rings. The number of benzene rings is 1. The molecule has 1 aliphatic rings. The Bertz CT molecular complexity index is 949. The third-order valence-corrected chi connectivity index (χ3v) is 5.09. The third-order valence-electron chi connectivity index (χ3n) is 5.09. The van der Waals surface area contributed by atoms with Crippen LogP contribution in [0.3, 0.4) is 0 Å². The summed E-state index contributed by atoms with van der Waals surface area (Å²) in [5, 5.41) is 6.65. The van der Waals surface area contributed by atoms with Crippen LogP contribution in [-0.4, -0.2) is 58.1 Å². The maximum Gasteiger partial charge on any atom is 0.253 e. The molecule has 0 aliphatic carbocycles. The molecule has 27 heavy (non-hydrogen) atoms. The highest BCUT2D eigenvalue weighted by Gasteiger charge is 2.26. The lowest BCUT2D eigenvalue weighted by molar-refractivity contribution is 0.0938. The maximum absolute atomic E-state index is 14.1. The predicted octanol–water partition coefficient (Wildman–Crippen LogP) is 1.42. The van der Waals surface area contributed by atoms with Gasteiger partial charge in [0, 0.05) is 69.3 Å². The molecule has 7 nitrogen and oxygen atoms in total. The molecule has 1 saturated heterocycles. The van der Waals surface area contributed by atoms with Crippen molar-refractivity contribution in [2.75, 3.05) is 32.7 Å². The van der Waals surface area contributed by atoms with Crippen LogP contribution < -0.4 is 10.6 Å². The molecule has 142 valence electrons. The van der Waals surface area contributed by atoms with Gasteiger partial charge < -0.3 is 20.2 Å². The average molecular weight is 370 g/mol. The number of nitrogens with one attached hydrogen (secondary N) is 3. The van der Waals surface area contributed by atoms with Gasteiger partial charge in [0.25, 0.3) is 5.91 Å². The fourth-order valence-corrected chi connectivity index (χ4v) is 3.69. The van der Waals surface area contributed by atoms with Gasteiger partial charge in [0.05, 0.1) is 11.6 Å². The van der Waals surface area contributed by atoms with Crippen molar-refractivity contribution in [3.05, 3.63) is 54.0 Å². The van der Waals surface area contributed by atoms with Gasteiger partial charge >= 0.3 is 0 Å². The summed E-state index contributed by atoms with van der Waals surface area (Å²) in [5.74, 6) is 0.345. The van der Waals surface area contributed by atoms with E-state index in [4.69, 9.17) is 0 Å². The van der Waals surface area contributed by atoms with Crippen molar-refractivity contribution < 1.29 is 9.18 Å². The lowest BCUT2D eigenvalue weighted by atomic mass is 10.1. The van der Waals surface area contributed by atoms with Crippen molar-refractivity contribution in [3.8, 4) is 0 Å². The van der Waals surface area contributed by atoms with E-state index in [1.807, 2.05) is 17.8 Å². The fourth-order valence-electron chi connectivity index (χ4n) is 3.69. The Hall–Kier alpha value is -2.71. The Labute approximate surface area is 156 Å². The Morgan fingerprint density at radius 2 is 2.33 bits per heavy atom. The van der Waals surface area contributed by atoms with Crippen molar-refractivity contribution in [2.24, 2.45) is 7.05 Å². The van der Waals surface area contributed by atoms with Crippen molar-refractivity contribution in [2.45, 2.75) is 6.04 Å². The molecular formula is C19H23FN6O. The lowest BCUT2D eigenvalue weighted by Crippen LogP contribution is -2.49. The maximum atomic E-state index is 14.1. The zero-order chi connectivity index (χ0) is 18.8. The van der Waals surface area contributed by atoms with Crippen LogP contribution in [0.2, 0.25) is 0 Å². The molecule has 8 heteroatoms. The highest BCUT2D eigenvalue weighted by Crippen LogP contribution is 2.22. The van der Waals surface area contributed by atoms with Crippen molar-refractivity contribution in [1.29, 1.82) is 0 Å². The molecule has 1 aromatic carbocycles. The molecular weight excluding hydrogens is 347 g/mol. The topological polar surface area (TPSA) is 78.0 Å². The average Bonchev–Trinajstić information content (AvgIpc) is 3.29. The van der Waals surface area contributed by atoms with Gasteiger partial charge in [-0.25, -0.2) is 9.37 Å². The summed E-state index contributed by atoms with van der Waals surface area (Å²) < 4.78 is 16.1. The molecule has 1 amide bonds. The summed E-state index contributed by atoms with van der Waals surface area (Å²) in [5.41, 5.74) is 0.959. The second kappa shape index (κ2) is 7.50. The van der Waals surface area contributed by atoms with E-state index in [0.717, 1.165) is 25.5 Å². The van der Waals surface area contributed by atoms with Gasteiger partial charge in [0.2, 0.25) is 0 Å². The number of fused-ring (bicyclic) bond motifs is 1. The molecule has 1 fully saturated rings. The first-order chi connectivity index (χ1) is 13.1. The monoisotopic (exact) mass is 370 g/mol. The Morgan fingerprint density at radius 1 is 1.44 bits per heavy atom. The quantitative estimate of drug-likeness (QED) is 0.635. The number of rotatable bonds is 5. The molecule has 2 aromatic heterocycles. The molecule has 3 N–H and O–H groups in total. The summed E-state index contributed by atoms with van der Waals surface area (Å²) in [7, 11) is 1.99. The first-order valence-corrected chi connectivity index (χ1v) is 9.11. The second-order valence-corrected chi connectivity index (χ2v) is 6.77. The summed E-state index contributed by atoms with van der Waals surface area (Å²) in [6.07, 6.45) is 5.30. The third kappa shape index (κ3) is 3.45. The van der Waals surface area contributed by atoms with Gasteiger partial charge in [-0.15, -0.1) is 0 Å². The fraction of sp³-hybridized carbons (Fsp3) is 0.368. The minimum absolute atomic E-state index is 0.168. The van der Waals surface area contributed by atoms with Gasteiger partial charge in [0.15, 0.2) is 0 Å². The molecule has 1 atom stereocenters. The zero-order valence-corrected chi connectivity index (χ0v) is 15.2. The van der Waals surface area contributed by atoms with Gasteiger partial charge in [0.1, 0.15) is 11.6 Å². The van der Waals surface area contributed by atoms with E-state index in [1.165, 1.54) is 6.07 Å². The minimum atomic E-state index is -0.393. The Morgan fingerprint density at radius 3 is 3.15 bits per heavy atom. The Kier molecular flexibility index (Phi) is 4.91. The number of carbonyl (C=O) groups excluding carboxylic acids is 1. The minimum Gasteiger partial charge on any atom is -0.360 e. The number of nitrogens with zero attached hydrogens (tertiary/aromatic N) is 3. The highest BCUT2D eigenvalue weighted by molar-refractivity contribution is 6.06. The number of amides is 1. The first-order valence-electron chi connectivity index (χ1n) is 9.11. The largest absolute Gasteiger partial charge is 0.360 e. The number of carbonyl (C=O) groups is 1. The van der Waals surface area contributed by atoms with Gasteiger partial charge in [-0.2, -0.15) is 0 Å². The van der Waals surface area contributed by atoms with Crippen LogP contribution >= 0.6 is 0 Å². The number of hydrogen-bond donors (Lipinski definition) is 3. The number of imidazole rings is 1. The first kappa shape index (κ1) is 17.7. The van der Waals surface area contributed by atoms with Crippen LogP contribution in [0, 0.1) is 5.82 Å². The van der Waals surface area contributed by atoms with Crippen LogP contribution in [0.25, 0.3) is 10.9 Å². The predicted molar refractivity (Wildman–Crippen MR) is 101 cm³/mol. The standard InChI is InChI=1S/C19H23FN6O/c1-25-8-6-22-18(25)16-12-21-5-9-26(16)10-7-23-19(27)13-11-24-15-4-2-3-14(20)17(13)15/h2-4,6,8,11,16,21,24H,5,7,9-10,12H2,1H3,(H,23,27). The van der Waals surface area contributed by atoms with E-state index >= 15 is 0 Å².